The molecule has 0 amide bonds. The van der Waals surface area contributed by atoms with Gasteiger partial charge < -0.3 is 5.21 Å². The molecule has 10 heavy (non-hydrogen) atoms. The normalized spacial score (nSPS) is 12.5. The number of terminal acetylenes is 1. The van der Waals surface area contributed by atoms with Crippen molar-refractivity contribution < 1.29 is 5.21 Å². The predicted molar refractivity (Wildman–Crippen MR) is 41.7 cm³/mol. The van der Waals surface area contributed by atoms with Crippen molar-refractivity contribution in [1.29, 1.82) is 0 Å². The van der Waals surface area contributed by atoms with E-state index in [2.05, 4.69) is 18.3 Å². The van der Waals surface area contributed by atoms with Crippen LogP contribution in [0.5, 0.6) is 0 Å². The maximum absolute atomic E-state index is 8.57. The van der Waals surface area contributed by atoms with Crippen LogP contribution in [0.15, 0.2) is 0 Å². The Morgan fingerprint density at radius 3 is 2.70 bits per heavy atom. The maximum Gasteiger partial charge on any atom is 0.0328 e. The molecule has 2 N–H and O–H groups in total. The van der Waals surface area contributed by atoms with Crippen LogP contribution < -0.4 is 5.48 Å². The van der Waals surface area contributed by atoms with E-state index in [1.807, 2.05) is 0 Å². The summed E-state index contributed by atoms with van der Waals surface area (Å²) in [4.78, 5) is 0. The minimum atomic E-state index is 0.182. The summed E-state index contributed by atoms with van der Waals surface area (Å²) in [5, 5.41) is 8.57. The van der Waals surface area contributed by atoms with Crippen molar-refractivity contribution in [2.45, 2.75) is 38.6 Å². The number of hydroxylamine groups is 1. The summed E-state index contributed by atoms with van der Waals surface area (Å²) in [6.07, 6.45) is 8.72. The van der Waals surface area contributed by atoms with Crippen LogP contribution in [0.3, 0.4) is 0 Å². The van der Waals surface area contributed by atoms with Gasteiger partial charge in [-0.3, -0.25) is 0 Å². The van der Waals surface area contributed by atoms with E-state index >= 15 is 0 Å². The highest BCUT2D eigenvalue weighted by molar-refractivity contribution is 4.84. The molecule has 0 heterocycles. The van der Waals surface area contributed by atoms with E-state index in [1.54, 1.807) is 0 Å². The maximum atomic E-state index is 8.57. The molecule has 58 valence electrons. The van der Waals surface area contributed by atoms with Crippen LogP contribution in [0, 0.1) is 12.3 Å². The first-order chi connectivity index (χ1) is 4.85. The van der Waals surface area contributed by atoms with Crippen molar-refractivity contribution in [3.05, 3.63) is 0 Å². The molecule has 1 atom stereocenters. The number of hydrogen-bond acceptors (Lipinski definition) is 2. The SMILES string of the molecule is C#CCCC(CCC)NO. The van der Waals surface area contributed by atoms with Crippen molar-refractivity contribution in [3.8, 4) is 12.3 Å². The van der Waals surface area contributed by atoms with Crippen molar-refractivity contribution in [2.75, 3.05) is 0 Å². The van der Waals surface area contributed by atoms with Gasteiger partial charge in [0.15, 0.2) is 0 Å². The summed E-state index contributed by atoms with van der Waals surface area (Å²) in [7, 11) is 0. The zero-order valence-electron chi connectivity index (χ0n) is 6.43. The van der Waals surface area contributed by atoms with E-state index in [1.165, 1.54) is 0 Å². The largest absolute Gasteiger partial charge is 0.317 e. The molecule has 0 spiro atoms. The monoisotopic (exact) mass is 141 g/mol. The van der Waals surface area contributed by atoms with Gasteiger partial charge in [0.25, 0.3) is 0 Å². The van der Waals surface area contributed by atoms with Gasteiger partial charge in [0.05, 0.1) is 0 Å². The summed E-state index contributed by atoms with van der Waals surface area (Å²) in [6, 6.07) is 0.182. The molecule has 0 aliphatic rings. The van der Waals surface area contributed by atoms with Crippen LogP contribution in [0.25, 0.3) is 0 Å². The van der Waals surface area contributed by atoms with Gasteiger partial charge in [0.1, 0.15) is 0 Å². The quantitative estimate of drug-likeness (QED) is 0.449. The lowest BCUT2D eigenvalue weighted by Crippen LogP contribution is -2.25. The second kappa shape index (κ2) is 6.60. The van der Waals surface area contributed by atoms with Crippen molar-refractivity contribution in [3.63, 3.8) is 0 Å². The standard InChI is InChI=1S/C8H15NO/c1-3-5-7-8(9-10)6-4-2/h1,8-10H,4-7H2,2H3. The highest BCUT2D eigenvalue weighted by Crippen LogP contribution is 2.02. The molecule has 0 bridgehead atoms. The first-order valence-corrected chi connectivity index (χ1v) is 3.68. The van der Waals surface area contributed by atoms with Gasteiger partial charge in [0.2, 0.25) is 0 Å². The fraction of sp³-hybridized carbons (Fsp3) is 0.750. The van der Waals surface area contributed by atoms with Crippen LogP contribution in [0.1, 0.15) is 32.6 Å². The minimum Gasteiger partial charge on any atom is -0.317 e. The molecule has 1 unspecified atom stereocenters. The van der Waals surface area contributed by atoms with Gasteiger partial charge in [-0.2, -0.15) is 0 Å². The molecule has 0 saturated carbocycles. The lowest BCUT2D eigenvalue weighted by atomic mass is 10.1. The third-order valence-corrected chi connectivity index (χ3v) is 1.46. The molecule has 0 aromatic heterocycles. The van der Waals surface area contributed by atoms with Crippen LogP contribution in [0.4, 0.5) is 0 Å². The van der Waals surface area contributed by atoms with Gasteiger partial charge in [-0.1, -0.05) is 13.3 Å². The topological polar surface area (TPSA) is 32.3 Å². The fourth-order valence-electron chi connectivity index (χ4n) is 0.879. The van der Waals surface area contributed by atoms with Crippen LogP contribution in [0.2, 0.25) is 0 Å². The third kappa shape index (κ3) is 4.37. The molecule has 0 aromatic rings. The Bertz CT molecular complexity index is 106. The second-order valence-electron chi connectivity index (χ2n) is 2.36. The van der Waals surface area contributed by atoms with Crippen LogP contribution >= 0.6 is 0 Å². The summed E-state index contributed by atoms with van der Waals surface area (Å²) in [6.45, 7) is 2.08. The van der Waals surface area contributed by atoms with Gasteiger partial charge in [0, 0.05) is 12.5 Å². The van der Waals surface area contributed by atoms with E-state index < -0.39 is 0 Å². The Balaban J connectivity index is 3.32. The Morgan fingerprint density at radius 1 is 1.60 bits per heavy atom. The van der Waals surface area contributed by atoms with Gasteiger partial charge in [-0.05, 0) is 12.8 Å². The van der Waals surface area contributed by atoms with E-state index in [0.717, 1.165) is 25.7 Å². The lowest BCUT2D eigenvalue weighted by molar-refractivity contribution is 0.117. The van der Waals surface area contributed by atoms with E-state index in [4.69, 9.17) is 11.6 Å². The summed E-state index contributed by atoms with van der Waals surface area (Å²) in [5.41, 5.74) is 2.24. The Labute approximate surface area is 62.6 Å². The van der Waals surface area contributed by atoms with E-state index in [0.29, 0.717) is 0 Å². The zero-order chi connectivity index (χ0) is 7.82. The molecule has 0 fully saturated rings. The summed E-state index contributed by atoms with van der Waals surface area (Å²) >= 11 is 0. The molecule has 0 saturated heterocycles. The second-order valence-corrected chi connectivity index (χ2v) is 2.36. The summed E-state index contributed by atoms with van der Waals surface area (Å²) in [5.74, 6) is 2.54. The van der Waals surface area contributed by atoms with Crippen LogP contribution in [-0.4, -0.2) is 11.2 Å². The van der Waals surface area contributed by atoms with Crippen molar-refractivity contribution >= 4 is 0 Å². The average molecular weight is 141 g/mol. The molecular weight excluding hydrogens is 126 g/mol. The summed E-state index contributed by atoms with van der Waals surface area (Å²) < 4.78 is 0. The molecule has 2 heteroatoms. The Kier molecular flexibility index (Phi) is 6.25. The number of nitrogens with one attached hydrogen (secondary N) is 1. The minimum absolute atomic E-state index is 0.182. The molecule has 2 nitrogen and oxygen atoms in total. The zero-order valence-corrected chi connectivity index (χ0v) is 6.43. The first-order valence-electron chi connectivity index (χ1n) is 3.68. The molecule has 0 rings (SSSR count). The highest BCUT2D eigenvalue weighted by Gasteiger charge is 2.02. The Hall–Kier alpha value is -0.520. The van der Waals surface area contributed by atoms with Crippen molar-refractivity contribution in [2.24, 2.45) is 0 Å². The molecule has 0 radical (unpaired) electrons. The predicted octanol–water partition coefficient (Wildman–Crippen LogP) is 1.55. The smallest absolute Gasteiger partial charge is 0.0328 e. The van der Waals surface area contributed by atoms with E-state index in [-0.39, 0.29) is 6.04 Å². The van der Waals surface area contributed by atoms with Gasteiger partial charge >= 0.3 is 0 Å². The fourth-order valence-corrected chi connectivity index (χ4v) is 0.879. The first kappa shape index (κ1) is 9.48. The molecule has 0 aliphatic carbocycles. The van der Waals surface area contributed by atoms with Gasteiger partial charge in [-0.15, -0.1) is 12.3 Å². The molecule has 0 aliphatic heterocycles. The van der Waals surface area contributed by atoms with Crippen LogP contribution in [-0.2, 0) is 0 Å². The highest BCUT2D eigenvalue weighted by atomic mass is 16.5. The Morgan fingerprint density at radius 2 is 2.30 bits per heavy atom. The average Bonchev–Trinajstić information content (AvgIpc) is 1.98. The van der Waals surface area contributed by atoms with E-state index in [9.17, 15) is 0 Å². The number of rotatable bonds is 5. The molecular formula is C8H15NO. The third-order valence-electron chi connectivity index (χ3n) is 1.46. The number of hydrogen-bond donors (Lipinski definition) is 2. The van der Waals surface area contributed by atoms with Crippen molar-refractivity contribution in [1.82, 2.24) is 5.48 Å². The lowest BCUT2D eigenvalue weighted by Gasteiger charge is -2.10. The molecule has 0 aromatic carbocycles. The van der Waals surface area contributed by atoms with Gasteiger partial charge in [-0.25, -0.2) is 5.48 Å².